The first-order valence-corrected chi connectivity index (χ1v) is 5.85. The van der Waals surface area contributed by atoms with E-state index in [4.69, 9.17) is 21.1 Å². The molecule has 0 unspecified atom stereocenters. The lowest BCUT2D eigenvalue weighted by Gasteiger charge is -2.34. The molecule has 1 aromatic heterocycles. The van der Waals surface area contributed by atoms with Gasteiger partial charge in [-0.05, 0) is 24.5 Å². The van der Waals surface area contributed by atoms with E-state index in [-0.39, 0.29) is 5.97 Å². The van der Waals surface area contributed by atoms with E-state index in [0.29, 0.717) is 31.2 Å². The summed E-state index contributed by atoms with van der Waals surface area (Å²) in [6.45, 7) is 1.11. The maximum Gasteiger partial charge on any atom is 0.316 e. The van der Waals surface area contributed by atoms with Crippen molar-refractivity contribution in [1.29, 1.82) is 0 Å². The zero-order valence-electron chi connectivity index (χ0n) is 9.61. The van der Waals surface area contributed by atoms with Gasteiger partial charge in [-0.2, -0.15) is 0 Å². The molecule has 0 aliphatic carbocycles. The average Bonchev–Trinajstić information content (AvgIpc) is 2.39. The number of rotatable bonds is 2. The number of methoxy groups -OCH3 is 1. The molecular weight excluding hydrogens is 242 g/mol. The van der Waals surface area contributed by atoms with Gasteiger partial charge in [-0.3, -0.25) is 4.79 Å². The molecule has 0 N–H and O–H groups in total. The second kappa shape index (κ2) is 5.02. The predicted octanol–water partition coefficient (Wildman–Crippen LogP) is 1.96. The molecule has 4 nitrogen and oxygen atoms in total. The van der Waals surface area contributed by atoms with E-state index in [2.05, 4.69) is 4.98 Å². The number of esters is 1. The molecule has 1 aliphatic rings. The van der Waals surface area contributed by atoms with Crippen LogP contribution in [0.4, 0.5) is 0 Å². The number of nitrogens with zero attached hydrogens (tertiary/aromatic N) is 1. The number of pyridine rings is 1. The topological polar surface area (TPSA) is 48.4 Å². The van der Waals surface area contributed by atoms with E-state index in [9.17, 15) is 4.79 Å². The Morgan fingerprint density at radius 1 is 1.47 bits per heavy atom. The molecule has 17 heavy (non-hydrogen) atoms. The third kappa shape index (κ3) is 2.28. The third-order valence-electron chi connectivity index (χ3n) is 3.20. The van der Waals surface area contributed by atoms with Crippen LogP contribution in [0.2, 0.25) is 5.15 Å². The van der Waals surface area contributed by atoms with Crippen molar-refractivity contribution >= 4 is 17.6 Å². The van der Waals surface area contributed by atoms with E-state index in [0.717, 1.165) is 5.56 Å². The molecule has 1 fully saturated rings. The fraction of sp³-hybridized carbons (Fsp3) is 0.500. The molecule has 0 spiro atoms. The van der Waals surface area contributed by atoms with Crippen molar-refractivity contribution in [2.75, 3.05) is 20.3 Å². The lowest BCUT2D eigenvalue weighted by atomic mass is 9.75. The Bertz CT molecular complexity index is 399. The van der Waals surface area contributed by atoms with E-state index in [1.165, 1.54) is 7.11 Å². The van der Waals surface area contributed by atoms with Gasteiger partial charge in [-0.25, -0.2) is 4.98 Å². The van der Waals surface area contributed by atoms with Crippen molar-refractivity contribution in [3.05, 3.63) is 29.0 Å². The fourth-order valence-electron chi connectivity index (χ4n) is 2.18. The van der Waals surface area contributed by atoms with Gasteiger partial charge in [0.25, 0.3) is 0 Å². The molecular formula is C12H14ClNO3. The zero-order valence-corrected chi connectivity index (χ0v) is 10.4. The Hall–Kier alpha value is -1.13. The van der Waals surface area contributed by atoms with Crippen LogP contribution in [0.3, 0.4) is 0 Å². The van der Waals surface area contributed by atoms with Gasteiger partial charge in [0.15, 0.2) is 0 Å². The summed E-state index contributed by atoms with van der Waals surface area (Å²) in [5.74, 6) is -0.232. The molecule has 1 aromatic rings. The summed E-state index contributed by atoms with van der Waals surface area (Å²) in [5, 5.41) is 0.417. The van der Waals surface area contributed by atoms with Gasteiger partial charge in [-0.1, -0.05) is 17.7 Å². The molecule has 0 aromatic carbocycles. The van der Waals surface area contributed by atoms with Crippen LogP contribution in [0, 0.1) is 0 Å². The zero-order chi connectivity index (χ0) is 12.3. The van der Waals surface area contributed by atoms with Crippen LogP contribution >= 0.6 is 11.6 Å². The highest BCUT2D eigenvalue weighted by atomic mass is 35.5. The maximum atomic E-state index is 12.0. The molecule has 0 saturated carbocycles. The normalized spacial score (nSPS) is 18.7. The van der Waals surface area contributed by atoms with Crippen LogP contribution in [-0.4, -0.2) is 31.3 Å². The summed E-state index contributed by atoms with van der Waals surface area (Å²) in [6, 6.07) is 3.52. The minimum atomic E-state index is -0.634. The van der Waals surface area contributed by atoms with Crippen molar-refractivity contribution in [1.82, 2.24) is 4.98 Å². The summed E-state index contributed by atoms with van der Waals surface area (Å²) in [4.78, 5) is 16.1. The number of ether oxygens (including phenoxy) is 2. The van der Waals surface area contributed by atoms with Crippen LogP contribution in [-0.2, 0) is 19.7 Å². The van der Waals surface area contributed by atoms with Crippen molar-refractivity contribution in [2.45, 2.75) is 18.3 Å². The highest BCUT2D eigenvalue weighted by molar-refractivity contribution is 6.29. The molecule has 0 bridgehead atoms. The Labute approximate surface area is 105 Å². The van der Waals surface area contributed by atoms with E-state index >= 15 is 0 Å². The van der Waals surface area contributed by atoms with E-state index in [1.807, 2.05) is 6.07 Å². The first kappa shape index (κ1) is 12.3. The molecule has 1 aliphatic heterocycles. The molecule has 1 saturated heterocycles. The molecule has 0 amide bonds. The minimum Gasteiger partial charge on any atom is -0.468 e. The van der Waals surface area contributed by atoms with Crippen LogP contribution in [0.5, 0.6) is 0 Å². The Morgan fingerprint density at radius 3 is 2.71 bits per heavy atom. The molecule has 0 radical (unpaired) electrons. The van der Waals surface area contributed by atoms with Crippen molar-refractivity contribution in [3.63, 3.8) is 0 Å². The number of hydrogen-bond acceptors (Lipinski definition) is 4. The largest absolute Gasteiger partial charge is 0.468 e. The Morgan fingerprint density at radius 2 is 2.18 bits per heavy atom. The van der Waals surface area contributed by atoms with Gasteiger partial charge in [-0.15, -0.1) is 0 Å². The standard InChI is InChI=1S/C12H14ClNO3/c1-16-11(15)12(4-6-17-7-5-12)9-2-3-10(13)14-8-9/h2-3,8H,4-7H2,1H3. The van der Waals surface area contributed by atoms with E-state index in [1.54, 1.807) is 12.3 Å². The van der Waals surface area contributed by atoms with Gasteiger partial charge in [0.1, 0.15) is 5.15 Å². The monoisotopic (exact) mass is 255 g/mol. The van der Waals surface area contributed by atoms with Crippen molar-refractivity contribution in [2.24, 2.45) is 0 Å². The van der Waals surface area contributed by atoms with Gasteiger partial charge < -0.3 is 9.47 Å². The molecule has 0 atom stereocenters. The number of halogens is 1. The SMILES string of the molecule is COC(=O)C1(c2ccc(Cl)nc2)CCOCC1. The second-order valence-electron chi connectivity index (χ2n) is 4.06. The van der Waals surface area contributed by atoms with E-state index < -0.39 is 5.41 Å². The minimum absolute atomic E-state index is 0.232. The number of aromatic nitrogens is 1. The fourth-order valence-corrected chi connectivity index (χ4v) is 2.30. The van der Waals surface area contributed by atoms with Gasteiger partial charge in [0, 0.05) is 19.4 Å². The number of hydrogen-bond donors (Lipinski definition) is 0. The summed E-state index contributed by atoms with van der Waals surface area (Å²) < 4.78 is 10.2. The lowest BCUT2D eigenvalue weighted by molar-refractivity contribution is -0.151. The molecule has 2 rings (SSSR count). The van der Waals surface area contributed by atoms with Crippen LogP contribution < -0.4 is 0 Å². The average molecular weight is 256 g/mol. The Balaban J connectivity index is 2.38. The van der Waals surface area contributed by atoms with Crippen LogP contribution in [0.15, 0.2) is 18.3 Å². The lowest BCUT2D eigenvalue weighted by Crippen LogP contribution is -2.42. The first-order valence-electron chi connectivity index (χ1n) is 5.47. The highest BCUT2D eigenvalue weighted by Crippen LogP contribution is 2.35. The van der Waals surface area contributed by atoms with Gasteiger partial charge in [0.2, 0.25) is 0 Å². The van der Waals surface area contributed by atoms with Gasteiger partial charge in [0.05, 0.1) is 12.5 Å². The predicted molar refractivity (Wildman–Crippen MR) is 63.0 cm³/mol. The third-order valence-corrected chi connectivity index (χ3v) is 3.43. The molecule has 92 valence electrons. The maximum absolute atomic E-state index is 12.0. The first-order chi connectivity index (χ1) is 8.19. The summed E-state index contributed by atoms with van der Waals surface area (Å²) in [6.07, 6.45) is 2.87. The quantitative estimate of drug-likeness (QED) is 0.599. The second-order valence-corrected chi connectivity index (χ2v) is 4.44. The smallest absolute Gasteiger partial charge is 0.316 e. The van der Waals surface area contributed by atoms with Crippen molar-refractivity contribution in [3.8, 4) is 0 Å². The highest BCUT2D eigenvalue weighted by Gasteiger charge is 2.43. The Kier molecular flexibility index (Phi) is 3.64. The summed E-state index contributed by atoms with van der Waals surface area (Å²) in [5.41, 5.74) is 0.210. The molecule has 5 heteroatoms. The summed E-state index contributed by atoms with van der Waals surface area (Å²) in [7, 11) is 1.41. The summed E-state index contributed by atoms with van der Waals surface area (Å²) >= 11 is 5.76. The van der Waals surface area contributed by atoms with Crippen LogP contribution in [0.1, 0.15) is 18.4 Å². The van der Waals surface area contributed by atoms with Crippen LogP contribution in [0.25, 0.3) is 0 Å². The molecule has 2 heterocycles. The van der Waals surface area contributed by atoms with Crippen molar-refractivity contribution < 1.29 is 14.3 Å². The van der Waals surface area contributed by atoms with Gasteiger partial charge >= 0.3 is 5.97 Å². The number of carbonyl (C=O) groups excluding carboxylic acids is 1. The number of carbonyl (C=O) groups is 1.